The maximum Gasteiger partial charge on any atom is 0.318 e. The van der Waals surface area contributed by atoms with Gasteiger partial charge in [-0.15, -0.1) is 0 Å². The van der Waals surface area contributed by atoms with Gasteiger partial charge in [0.15, 0.2) is 6.20 Å². The van der Waals surface area contributed by atoms with Crippen molar-refractivity contribution in [3.8, 4) is 0 Å². The highest BCUT2D eigenvalue weighted by Gasteiger charge is 2.27. The van der Waals surface area contributed by atoms with Crippen molar-refractivity contribution in [3.63, 3.8) is 0 Å². The summed E-state index contributed by atoms with van der Waals surface area (Å²) in [5.41, 5.74) is 4.91. The number of carbonyl (C=O) groups is 2. The van der Waals surface area contributed by atoms with E-state index in [1.165, 1.54) is 6.20 Å². The van der Waals surface area contributed by atoms with Gasteiger partial charge in [0.1, 0.15) is 0 Å². The molecule has 1 heterocycles. The first-order chi connectivity index (χ1) is 8.41. The predicted molar refractivity (Wildman–Crippen MR) is 67.6 cm³/mol. The largest absolute Gasteiger partial charge is 0.618 e. The molecule has 98 valence electrons. The molecule has 0 aliphatic rings. The average molecular weight is 269 g/mol. The van der Waals surface area contributed by atoms with E-state index in [0.717, 1.165) is 11.8 Å². The molecule has 0 aromatic carbocycles. The summed E-state index contributed by atoms with van der Waals surface area (Å²) < 4.78 is 0.678. The second-order valence-electron chi connectivity index (χ2n) is 4.00. The summed E-state index contributed by atoms with van der Waals surface area (Å²) in [4.78, 5) is 22.4. The fraction of sp³-hybridized carbons (Fsp3) is 0.364. The monoisotopic (exact) mass is 269 g/mol. The van der Waals surface area contributed by atoms with E-state index in [9.17, 15) is 14.8 Å². The Balaban J connectivity index is 2.84. The van der Waals surface area contributed by atoms with E-state index in [1.807, 2.05) is 19.2 Å². The highest BCUT2D eigenvalue weighted by molar-refractivity contribution is 8.00. The van der Waals surface area contributed by atoms with Crippen LogP contribution in [-0.4, -0.2) is 17.2 Å². The molecule has 18 heavy (non-hydrogen) atoms. The van der Waals surface area contributed by atoms with Gasteiger partial charge in [0.2, 0.25) is 5.91 Å². The predicted octanol–water partition coefficient (Wildman–Crippen LogP) is 0.632. The number of hydrogen-bond donors (Lipinski definition) is 2. The second-order valence-corrected chi connectivity index (χ2v) is 5.16. The summed E-state index contributed by atoms with van der Waals surface area (Å²) in [6.07, 6.45) is 1.35. The Morgan fingerprint density at radius 1 is 1.44 bits per heavy atom. The Morgan fingerprint density at radius 2 is 2.11 bits per heavy atom. The van der Waals surface area contributed by atoms with E-state index in [2.05, 4.69) is 0 Å². The van der Waals surface area contributed by atoms with Crippen molar-refractivity contribution in [1.82, 2.24) is 5.32 Å². The lowest BCUT2D eigenvalue weighted by Gasteiger charge is -2.17. The molecule has 0 unspecified atom stereocenters. The summed E-state index contributed by atoms with van der Waals surface area (Å²) in [6.45, 7) is 3.66. The minimum Gasteiger partial charge on any atom is -0.618 e. The number of rotatable bonds is 4. The van der Waals surface area contributed by atoms with Crippen molar-refractivity contribution in [1.29, 1.82) is 0 Å². The van der Waals surface area contributed by atoms with Gasteiger partial charge < -0.3 is 10.9 Å². The molecule has 0 fully saturated rings. The van der Waals surface area contributed by atoms with Gasteiger partial charge in [-0.05, 0) is 23.7 Å². The maximum atomic E-state index is 11.8. The Morgan fingerprint density at radius 3 is 2.61 bits per heavy atom. The quantitative estimate of drug-likeness (QED) is 0.476. The number of hydrogen-bond acceptors (Lipinski definition) is 4. The Kier molecular flexibility index (Phi) is 4.96. The van der Waals surface area contributed by atoms with Crippen molar-refractivity contribution in [3.05, 3.63) is 29.6 Å². The van der Waals surface area contributed by atoms with Gasteiger partial charge in [-0.25, -0.2) is 4.79 Å². The number of nitrogens with two attached hydrogens (primary N) is 1. The summed E-state index contributed by atoms with van der Waals surface area (Å²) in [7, 11) is 0. The molecule has 3 amide bonds. The molecule has 0 spiro atoms. The van der Waals surface area contributed by atoms with Crippen LogP contribution >= 0.6 is 11.8 Å². The van der Waals surface area contributed by atoms with Gasteiger partial charge in [-0.1, -0.05) is 13.8 Å². The highest BCUT2D eigenvalue weighted by Crippen LogP contribution is 2.25. The fourth-order valence-electron chi connectivity index (χ4n) is 1.32. The SMILES string of the molecule is CC(C)[C@H](Sc1cccc[n+]1[O-])C(=O)NC(N)=O. The number of thioether (sulfide) groups is 1. The number of nitrogens with one attached hydrogen (secondary N) is 1. The van der Waals surface area contributed by atoms with Crippen LogP contribution < -0.4 is 15.8 Å². The molecule has 1 rings (SSSR count). The molecule has 1 aromatic rings. The molecule has 0 aliphatic carbocycles. The molecule has 6 nitrogen and oxygen atoms in total. The molecule has 0 saturated carbocycles. The lowest BCUT2D eigenvalue weighted by molar-refractivity contribution is -0.645. The van der Waals surface area contributed by atoms with Crippen LogP contribution in [0.1, 0.15) is 13.8 Å². The molecule has 3 N–H and O–H groups in total. The number of imide groups is 1. The van der Waals surface area contributed by atoms with Gasteiger partial charge in [0.25, 0.3) is 5.03 Å². The molecule has 0 bridgehead atoms. The van der Waals surface area contributed by atoms with Crippen molar-refractivity contribution in [2.75, 3.05) is 0 Å². The summed E-state index contributed by atoms with van der Waals surface area (Å²) in [6, 6.07) is 4.03. The van der Waals surface area contributed by atoms with E-state index >= 15 is 0 Å². The standard InChI is InChI=1S/C11H15N3O3S/c1-7(2)9(10(15)13-11(12)16)18-8-5-3-4-6-14(8)17/h3-7,9H,1-2H3,(H3,12,13,15,16)/t9-/m0/s1. The zero-order chi connectivity index (χ0) is 13.7. The van der Waals surface area contributed by atoms with E-state index in [0.29, 0.717) is 9.76 Å². The number of carbonyl (C=O) groups excluding carboxylic acids is 2. The third-order valence-electron chi connectivity index (χ3n) is 2.15. The third-order valence-corrected chi connectivity index (χ3v) is 3.72. The van der Waals surface area contributed by atoms with Crippen molar-refractivity contribution in [2.24, 2.45) is 11.7 Å². The van der Waals surface area contributed by atoms with Crippen LogP contribution in [0.5, 0.6) is 0 Å². The zero-order valence-corrected chi connectivity index (χ0v) is 10.9. The number of nitrogens with zero attached hydrogens (tertiary/aromatic N) is 1. The topological polar surface area (TPSA) is 99.1 Å². The summed E-state index contributed by atoms with van der Waals surface area (Å²) in [5, 5.41) is 13.4. The number of aromatic nitrogens is 1. The van der Waals surface area contributed by atoms with Crippen LogP contribution in [0.15, 0.2) is 29.4 Å². The fourth-order valence-corrected chi connectivity index (χ4v) is 2.34. The summed E-state index contributed by atoms with van der Waals surface area (Å²) in [5.74, 6) is -0.541. The Labute approximate surface area is 109 Å². The van der Waals surface area contributed by atoms with E-state index in [4.69, 9.17) is 5.73 Å². The first kappa shape index (κ1) is 14.3. The number of pyridine rings is 1. The average Bonchev–Trinajstić information content (AvgIpc) is 2.26. The first-order valence-electron chi connectivity index (χ1n) is 5.37. The lowest BCUT2D eigenvalue weighted by Crippen LogP contribution is -2.43. The minimum absolute atomic E-state index is 0.0467. The van der Waals surface area contributed by atoms with Gasteiger partial charge >= 0.3 is 6.03 Å². The lowest BCUT2D eigenvalue weighted by atomic mass is 10.1. The van der Waals surface area contributed by atoms with E-state index in [-0.39, 0.29) is 5.92 Å². The van der Waals surface area contributed by atoms with Crippen LogP contribution in [0.4, 0.5) is 4.79 Å². The number of urea groups is 1. The van der Waals surface area contributed by atoms with Crippen molar-refractivity contribution < 1.29 is 14.3 Å². The van der Waals surface area contributed by atoms with Gasteiger partial charge in [-0.3, -0.25) is 10.1 Å². The van der Waals surface area contributed by atoms with Gasteiger partial charge in [0, 0.05) is 12.1 Å². The Hall–Kier alpha value is -1.76. The van der Waals surface area contributed by atoms with Crippen LogP contribution in [0.2, 0.25) is 0 Å². The zero-order valence-electron chi connectivity index (χ0n) is 10.1. The smallest absolute Gasteiger partial charge is 0.318 e. The van der Waals surface area contributed by atoms with Crippen LogP contribution in [0.3, 0.4) is 0 Å². The number of amides is 3. The molecule has 1 atom stereocenters. The van der Waals surface area contributed by atoms with Crippen LogP contribution in [-0.2, 0) is 4.79 Å². The molecule has 0 radical (unpaired) electrons. The first-order valence-corrected chi connectivity index (χ1v) is 6.25. The number of primary amides is 1. The molecule has 0 aliphatic heterocycles. The highest BCUT2D eigenvalue weighted by atomic mass is 32.2. The molecular formula is C11H15N3O3S. The Bertz CT molecular complexity index is 451. The molecule has 1 aromatic heterocycles. The van der Waals surface area contributed by atoms with Gasteiger partial charge in [0.05, 0.1) is 5.25 Å². The molecule has 7 heteroatoms. The van der Waals surface area contributed by atoms with E-state index in [1.54, 1.807) is 18.2 Å². The second kappa shape index (κ2) is 6.25. The van der Waals surface area contributed by atoms with E-state index < -0.39 is 17.2 Å². The minimum atomic E-state index is -0.894. The van der Waals surface area contributed by atoms with Crippen molar-refractivity contribution in [2.45, 2.75) is 24.1 Å². The normalized spacial score (nSPS) is 12.2. The summed E-state index contributed by atoms with van der Waals surface area (Å²) >= 11 is 1.10. The molecule has 0 saturated heterocycles. The third kappa shape index (κ3) is 3.92. The van der Waals surface area contributed by atoms with Crippen LogP contribution in [0, 0.1) is 11.1 Å². The maximum absolute atomic E-state index is 11.8. The van der Waals surface area contributed by atoms with Crippen LogP contribution in [0.25, 0.3) is 0 Å². The van der Waals surface area contributed by atoms with Gasteiger partial charge in [-0.2, -0.15) is 4.73 Å². The van der Waals surface area contributed by atoms with Crippen molar-refractivity contribution >= 4 is 23.7 Å². The molecular weight excluding hydrogens is 254 g/mol.